The van der Waals surface area contributed by atoms with Gasteiger partial charge in [0.2, 0.25) is 0 Å². The molecule has 20 heavy (non-hydrogen) atoms. The van der Waals surface area contributed by atoms with Crippen LogP contribution in [0.1, 0.15) is 50.4 Å². The Morgan fingerprint density at radius 2 is 2.30 bits per heavy atom. The maximum atomic E-state index is 11.1. The number of nitrogens with zero attached hydrogens (tertiary/aromatic N) is 4. The number of methoxy groups -OCH3 is 1. The molecule has 110 valence electrons. The molecule has 0 bridgehead atoms. The van der Waals surface area contributed by atoms with E-state index < -0.39 is 5.97 Å². The van der Waals surface area contributed by atoms with Crippen molar-refractivity contribution in [2.75, 3.05) is 7.11 Å². The Balaban J connectivity index is 1.79. The minimum absolute atomic E-state index is 0.0860. The summed E-state index contributed by atoms with van der Waals surface area (Å²) in [4.78, 5) is 11.1. The lowest BCUT2D eigenvalue weighted by molar-refractivity contribution is -0.138. The highest BCUT2D eigenvalue weighted by molar-refractivity contribution is 5.67. The number of carbonyl (C=O) groups is 1. The van der Waals surface area contributed by atoms with Crippen molar-refractivity contribution in [3.05, 3.63) is 5.82 Å². The average molecular weight is 280 g/mol. The fourth-order valence-electron chi connectivity index (χ4n) is 3.01. The van der Waals surface area contributed by atoms with Crippen LogP contribution in [0.2, 0.25) is 0 Å². The summed E-state index contributed by atoms with van der Waals surface area (Å²) in [6.45, 7) is 0. The van der Waals surface area contributed by atoms with Crippen molar-refractivity contribution in [1.29, 1.82) is 0 Å². The van der Waals surface area contributed by atoms with Crippen molar-refractivity contribution in [2.45, 2.75) is 56.6 Å². The van der Waals surface area contributed by atoms with Gasteiger partial charge < -0.3 is 9.84 Å². The van der Waals surface area contributed by atoms with Crippen molar-refractivity contribution in [1.82, 2.24) is 20.2 Å². The third-order valence-electron chi connectivity index (χ3n) is 4.60. The number of aliphatic carboxylic acids is 1. The first-order valence-corrected chi connectivity index (χ1v) is 7.17. The molecule has 2 aliphatic rings. The van der Waals surface area contributed by atoms with Crippen LogP contribution in [-0.2, 0) is 16.0 Å². The van der Waals surface area contributed by atoms with Gasteiger partial charge in [0.05, 0.1) is 18.1 Å². The molecule has 0 saturated heterocycles. The largest absolute Gasteiger partial charge is 0.481 e. The molecule has 2 saturated carbocycles. The van der Waals surface area contributed by atoms with E-state index in [0.29, 0.717) is 12.3 Å². The molecule has 0 radical (unpaired) electrons. The minimum atomic E-state index is -0.798. The molecule has 1 heterocycles. The molecule has 1 N–H and O–H groups in total. The number of aromatic nitrogens is 4. The average Bonchev–Trinajstić information content (AvgIpc) is 3.11. The van der Waals surface area contributed by atoms with Gasteiger partial charge in [-0.2, -0.15) is 0 Å². The Hall–Kier alpha value is -1.50. The normalized spacial score (nSPS) is 22.2. The Morgan fingerprint density at radius 1 is 1.55 bits per heavy atom. The lowest BCUT2D eigenvalue weighted by atomic mass is 9.77. The van der Waals surface area contributed by atoms with Gasteiger partial charge in [-0.1, -0.05) is 0 Å². The fraction of sp³-hybridized carbons (Fsp3) is 0.846. The Kier molecular flexibility index (Phi) is 3.45. The van der Waals surface area contributed by atoms with Crippen LogP contribution < -0.4 is 0 Å². The predicted molar refractivity (Wildman–Crippen MR) is 69.1 cm³/mol. The molecule has 7 nitrogen and oxygen atoms in total. The number of hydrogen-bond acceptors (Lipinski definition) is 5. The van der Waals surface area contributed by atoms with Crippen molar-refractivity contribution in [3.63, 3.8) is 0 Å². The smallest absolute Gasteiger partial charge is 0.305 e. The Bertz CT molecular complexity index is 488. The van der Waals surface area contributed by atoms with Gasteiger partial charge in [0.25, 0.3) is 0 Å². The number of carboxylic acid groups (broad SMARTS) is 1. The highest BCUT2D eigenvalue weighted by atomic mass is 16.5. The SMILES string of the molecule is COC1(Cc2nnnn2C(CC(=O)O)C2CC2)CCC1. The van der Waals surface area contributed by atoms with Gasteiger partial charge in [0.15, 0.2) is 5.82 Å². The zero-order valence-electron chi connectivity index (χ0n) is 11.7. The molecule has 1 aromatic heterocycles. The summed E-state index contributed by atoms with van der Waals surface area (Å²) in [7, 11) is 1.73. The van der Waals surface area contributed by atoms with E-state index in [2.05, 4.69) is 15.5 Å². The summed E-state index contributed by atoms with van der Waals surface area (Å²) < 4.78 is 7.34. The van der Waals surface area contributed by atoms with E-state index in [0.717, 1.165) is 37.9 Å². The molecule has 7 heteroatoms. The van der Waals surface area contributed by atoms with Crippen LogP contribution >= 0.6 is 0 Å². The molecule has 3 rings (SSSR count). The standard InChI is InChI=1S/C13H20N4O3/c1-20-13(5-2-6-13)8-11-14-15-16-17(11)10(7-12(18)19)9-3-4-9/h9-10H,2-8H2,1H3,(H,18,19). The van der Waals surface area contributed by atoms with E-state index in [1.165, 1.54) is 0 Å². The van der Waals surface area contributed by atoms with E-state index in [1.807, 2.05) is 0 Å². The van der Waals surface area contributed by atoms with Gasteiger partial charge in [-0.25, -0.2) is 4.68 Å². The molecule has 1 unspecified atom stereocenters. The second-order valence-electron chi connectivity index (χ2n) is 5.96. The molecule has 0 spiro atoms. The van der Waals surface area contributed by atoms with Crippen LogP contribution in [0.3, 0.4) is 0 Å². The zero-order valence-corrected chi connectivity index (χ0v) is 11.7. The second kappa shape index (κ2) is 5.12. The van der Waals surface area contributed by atoms with Gasteiger partial charge in [-0.15, -0.1) is 5.10 Å². The third-order valence-corrected chi connectivity index (χ3v) is 4.60. The van der Waals surface area contributed by atoms with E-state index in [4.69, 9.17) is 9.84 Å². The summed E-state index contributed by atoms with van der Waals surface area (Å²) in [6, 6.07) is -0.119. The maximum absolute atomic E-state index is 11.1. The molecule has 0 aliphatic heterocycles. The highest BCUT2D eigenvalue weighted by Crippen LogP contribution is 2.43. The Labute approximate surface area is 117 Å². The van der Waals surface area contributed by atoms with Crippen molar-refractivity contribution < 1.29 is 14.6 Å². The van der Waals surface area contributed by atoms with Crippen LogP contribution in [0.25, 0.3) is 0 Å². The lowest BCUT2D eigenvalue weighted by Crippen LogP contribution is -2.42. The number of tetrazole rings is 1. The van der Waals surface area contributed by atoms with Gasteiger partial charge in [-0.05, 0) is 48.4 Å². The van der Waals surface area contributed by atoms with Crippen molar-refractivity contribution >= 4 is 5.97 Å². The first-order chi connectivity index (χ1) is 9.63. The highest BCUT2D eigenvalue weighted by Gasteiger charge is 2.41. The molecular weight excluding hydrogens is 260 g/mol. The maximum Gasteiger partial charge on any atom is 0.305 e. The van der Waals surface area contributed by atoms with Crippen LogP contribution in [0.4, 0.5) is 0 Å². The number of ether oxygens (including phenoxy) is 1. The van der Waals surface area contributed by atoms with E-state index in [1.54, 1.807) is 11.8 Å². The Morgan fingerprint density at radius 3 is 2.80 bits per heavy atom. The fourth-order valence-corrected chi connectivity index (χ4v) is 3.01. The molecular formula is C13H20N4O3. The molecule has 2 fully saturated rings. The first-order valence-electron chi connectivity index (χ1n) is 7.17. The van der Waals surface area contributed by atoms with Gasteiger partial charge in [-0.3, -0.25) is 4.79 Å². The third kappa shape index (κ3) is 2.54. The quantitative estimate of drug-likeness (QED) is 0.807. The molecule has 1 aromatic rings. The topological polar surface area (TPSA) is 90.1 Å². The van der Waals surface area contributed by atoms with Gasteiger partial charge >= 0.3 is 5.97 Å². The summed E-state index contributed by atoms with van der Waals surface area (Å²) in [5.41, 5.74) is -0.149. The summed E-state index contributed by atoms with van der Waals surface area (Å²) >= 11 is 0. The number of carboxylic acids is 1. The van der Waals surface area contributed by atoms with Crippen LogP contribution in [-0.4, -0.2) is 44.0 Å². The van der Waals surface area contributed by atoms with Crippen LogP contribution in [0.5, 0.6) is 0 Å². The van der Waals surface area contributed by atoms with Crippen molar-refractivity contribution in [3.8, 4) is 0 Å². The lowest BCUT2D eigenvalue weighted by Gasteiger charge is -2.40. The predicted octanol–water partition coefficient (Wildman–Crippen LogP) is 1.21. The molecule has 0 aromatic carbocycles. The minimum Gasteiger partial charge on any atom is -0.481 e. The molecule has 1 atom stereocenters. The molecule has 0 amide bonds. The summed E-state index contributed by atoms with van der Waals surface area (Å²) in [5.74, 6) is 0.353. The first kappa shape index (κ1) is 13.5. The van der Waals surface area contributed by atoms with Gasteiger partial charge in [0.1, 0.15) is 0 Å². The monoisotopic (exact) mass is 280 g/mol. The van der Waals surface area contributed by atoms with Crippen molar-refractivity contribution in [2.24, 2.45) is 5.92 Å². The van der Waals surface area contributed by atoms with Gasteiger partial charge in [0, 0.05) is 13.5 Å². The van der Waals surface area contributed by atoms with E-state index >= 15 is 0 Å². The molecule has 2 aliphatic carbocycles. The number of hydrogen-bond donors (Lipinski definition) is 1. The van der Waals surface area contributed by atoms with E-state index in [-0.39, 0.29) is 18.1 Å². The number of rotatable bonds is 7. The van der Waals surface area contributed by atoms with Crippen LogP contribution in [0, 0.1) is 5.92 Å². The zero-order chi connectivity index (χ0) is 14.2. The summed E-state index contributed by atoms with van der Waals surface area (Å²) in [5, 5.41) is 21.0. The van der Waals surface area contributed by atoms with Crippen LogP contribution in [0.15, 0.2) is 0 Å². The summed E-state index contributed by atoms with van der Waals surface area (Å²) in [6.07, 6.45) is 6.07. The van der Waals surface area contributed by atoms with E-state index in [9.17, 15) is 4.79 Å². The second-order valence-corrected chi connectivity index (χ2v) is 5.96.